The molecule has 2 nitrogen and oxygen atoms in total. The maximum absolute atomic E-state index is 11.2. The van der Waals surface area contributed by atoms with E-state index in [-0.39, 0.29) is 12.0 Å². The first-order valence-corrected chi connectivity index (χ1v) is 8.18. The number of rotatable bonds is 6. The van der Waals surface area contributed by atoms with Crippen LogP contribution in [-0.2, 0) is 9.53 Å². The van der Waals surface area contributed by atoms with Crippen LogP contribution in [0.4, 0.5) is 0 Å². The number of esters is 1. The van der Waals surface area contributed by atoms with Gasteiger partial charge in [0.15, 0.2) is 0 Å². The second-order valence-corrected chi connectivity index (χ2v) is 6.74. The highest BCUT2D eigenvalue weighted by atomic mass is 16.5. The Morgan fingerprint density at radius 3 is 2.75 bits per heavy atom. The van der Waals surface area contributed by atoms with Crippen LogP contribution < -0.4 is 0 Å². The third kappa shape index (κ3) is 6.99. The predicted octanol–water partition coefficient (Wildman–Crippen LogP) is 5.86. The summed E-state index contributed by atoms with van der Waals surface area (Å²) in [7, 11) is 0. The monoisotopic (exact) mass is 329 g/mol. The largest absolute Gasteiger partial charge is 0.462 e. The van der Waals surface area contributed by atoms with Crippen molar-refractivity contribution >= 4 is 5.97 Å². The predicted molar refractivity (Wildman–Crippen MR) is 103 cm³/mol. The van der Waals surface area contributed by atoms with Crippen LogP contribution in [0, 0.1) is 5.41 Å². The minimum absolute atomic E-state index is 0.0496. The van der Waals surface area contributed by atoms with Crippen molar-refractivity contribution in [2.24, 2.45) is 5.41 Å². The Morgan fingerprint density at radius 1 is 1.33 bits per heavy atom. The third-order valence-corrected chi connectivity index (χ3v) is 4.00. The van der Waals surface area contributed by atoms with Crippen LogP contribution in [0.2, 0.25) is 0 Å². The minimum atomic E-state index is -2.71. The molecule has 1 aliphatic carbocycles. The summed E-state index contributed by atoms with van der Waals surface area (Å²) in [5.74, 6) is -1.18. The Kier molecular flexibility index (Phi) is 5.96. The molecule has 0 heterocycles. The fourth-order valence-corrected chi connectivity index (χ4v) is 2.56. The lowest BCUT2D eigenvalue weighted by Crippen LogP contribution is -2.16. The van der Waals surface area contributed by atoms with Crippen molar-refractivity contribution in [1.29, 1.82) is 0 Å². The highest BCUT2D eigenvalue weighted by Gasteiger charge is 2.23. The number of hydrogen-bond acceptors (Lipinski definition) is 2. The van der Waals surface area contributed by atoms with Crippen molar-refractivity contribution in [3.8, 4) is 0 Å². The van der Waals surface area contributed by atoms with E-state index in [0.29, 0.717) is 0 Å². The van der Waals surface area contributed by atoms with Gasteiger partial charge in [-0.05, 0) is 49.8 Å². The van der Waals surface area contributed by atoms with Crippen molar-refractivity contribution in [2.75, 3.05) is 6.61 Å². The van der Waals surface area contributed by atoms with Crippen molar-refractivity contribution in [3.63, 3.8) is 0 Å². The Labute approximate surface area is 151 Å². The average molecular weight is 329 g/mol. The highest BCUT2D eigenvalue weighted by molar-refractivity contribution is 5.66. The molecule has 130 valence electrons. The maximum Gasteiger partial charge on any atom is 0.302 e. The minimum Gasteiger partial charge on any atom is -0.462 e. The fraction of sp³-hybridized carbons (Fsp3) is 0.409. The third-order valence-electron chi connectivity index (χ3n) is 4.00. The van der Waals surface area contributed by atoms with Gasteiger partial charge in [0, 0.05) is 11.0 Å². The van der Waals surface area contributed by atoms with Crippen molar-refractivity contribution in [2.45, 2.75) is 47.9 Å². The van der Waals surface area contributed by atoms with Gasteiger partial charge in [0.25, 0.3) is 0 Å². The number of ether oxygens (including phenoxy) is 1. The first-order valence-electron chi connectivity index (χ1n) is 9.68. The van der Waals surface area contributed by atoms with E-state index >= 15 is 0 Å². The first-order chi connectivity index (χ1) is 12.4. The molecule has 1 aliphatic rings. The van der Waals surface area contributed by atoms with Crippen LogP contribution in [0.5, 0.6) is 0 Å². The highest BCUT2D eigenvalue weighted by Crippen LogP contribution is 2.37. The van der Waals surface area contributed by atoms with Gasteiger partial charge in [-0.15, -0.1) is 0 Å². The zero-order valence-electron chi connectivity index (χ0n) is 18.3. The molecular formula is C22H30O2. The number of carbonyl (C=O) groups is 1. The molecule has 0 saturated carbocycles. The smallest absolute Gasteiger partial charge is 0.302 e. The van der Waals surface area contributed by atoms with Gasteiger partial charge in [0.2, 0.25) is 0 Å². The molecule has 24 heavy (non-hydrogen) atoms. The second kappa shape index (κ2) is 9.27. The first kappa shape index (κ1) is 15.4. The lowest BCUT2D eigenvalue weighted by atomic mass is 9.75. The van der Waals surface area contributed by atoms with Crippen LogP contribution in [0.3, 0.4) is 0 Å². The molecule has 1 rings (SSSR count). The van der Waals surface area contributed by atoms with Crippen molar-refractivity contribution in [1.82, 2.24) is 0 Å². The maximum atomic E-state index is 11.2. The van der Waals surface area contributed by atoms with Gasteiger partial charge in [-0.25, -0.2) is 0 Å². The van der Waals surface area contributed by atoms with E-state index in [2.05, 4.69) is 45.1 Å². The molecule has 0 atom stereocenters. The number of hydrogen-bond donors (Lipinski definition) is 0. The summed E-state index contributed by atoms with van der Waals surface area (Å²) in [6, 6.07) is 0. The Balaban J connectivity index is 2.64. The fourth-order valence-electron chi connectivity index (χ4n) is 2.56. The average Bonchev–Trinajstić information content (AvgIpc) is 2.52. The number of carbonyl (C=O) groups excluding carboxylic acids is 1. The molecule has 0 bridgehead atoms. The van der Waals surface area contributed by atoms with Gasteiger partial charge < -0.3 is 4.74 Å². The summed E-state index contributed by atoms with van der Waals surface area (Å²) in [5.41, 5.74) is 4.82. The lowest BCUT2D eigenvalue weighted by molar-refractivity contribution is -0.139. The quantitative estimate of drug-likeness (QED) is 0.451. The van der Waals surface area contributed by atoms with E-state index in [9.17, 15) is 4.79 Å². The lowest BCUT2D eigenvalue weighted by Gasteiger charge is -2.29. The topological polar surface area (TPSA) is 26.3 Å². The summed E-state index contributed by atoms with van der Waals surface area (Å²) < 4.78 is 25.5. The molecule has 0 N–H and O–H groups in total. The van der Waals surface area contributed by atoms with Crippen LogP contribution in [-0.4, -0.2) is 12.6 Å². The van der Waals surface area contributed by atoms with E-state index < -0.39 is 12.8 Å². The molecule has 0 unspecified atom stereocenters. The van der Waals surface area contributed by atoms with Gasteiger partial charge in [-0.1, -0.05) is 67.5 Å². The van der Waals surface area contributed by atoms with Gasteiger partial charge in [0.1, 0.15) is 6.61 Å². The molecule has 0 fully saturated rings. The Bertz CT molecular complexity index is 727. The van der Waals surface area contributed by atoms with Crippen molar-refractivity contribution in [3.05, 3.63) is 70.9 Å². The zero-order chi connectivity index (χ0) is 20.7. The molecule has 2 heteroatoms. The molecular weight excluding hydrogens is 296 g/mol. The Hall–Kier alpha value is -2.09. The van der Waals surface area contributed by atoms with Gasteiger partial charge in [0.05, 0.1) is 0 Å². The van der Waals surface area contributed by atoms with Gasteiger partial charge >= 0.3 is 5.97 Å². The summed E-state index contributed by atoms with van der Waals surface area (Å²) in [5, 5.41) is 0. The van der Waals surface area contributed by atoms with Crippen molar-refractivity contribution < 1.29 is 13.6 Å². The zero-order valence-corrected chi connectivity index (χ0v) is 15.3. The van der Waals surface area contributed by atoms with Crippen LogP contribution in [0.1, 0.15) is 52.0 Å². The molecule has 0 radical (unpaired) electrons. The SMILES string of the molecule is [2H]C([2H])([2H])C(=O)OCC=C(C)C=CC=C(C)C=CC1=C(C)C=CCC1(C)C. The summed E-state index contributed by atoms with van der Waals surface area (Å²) in [4.78, 5) is 11.2. The van der Waals surface area contributed by atoms with Gasteiger partial charge in [-0.3, -0.25) is 4.79 Å². The van der Waals surface area contributed by atoms with Crippen LogP contribution in [0.25, 0.3) is 0 Å². The molecule has 0 amide bonds. The molecule has 0 spiro atoms. The Morgan fingerprint density at radius 2 is 2.08 bits per heavy atom. The molecule has 0 aromatic rings. The van der Waals surface area contributed by atoms with Crippen LogP contribution in [0.15, 0.2) is 70.9 Å². The second-order valence-electron chi connectivity index (χ2n) is 6.74. The molecule has 0 saturated heterocycles. The summed E-state index contributed by atoms with van der Waals surface area (Å²) in [6.45, 7) is 7.80. The summed E-state index contributed by atoms with van der Waals surface area (Å²) >= 11 is 0. The molecule has 0 aromatic carbocycles. The standard InChI is InChI=1S/C22H30O2/c1-17(9-7-10-18(2)14-16-24-20(4)23)12-13-21-19(3)11-8-15-22(21,5)6/h7-14H,15-16H2,1-6H3/i4D3. The van der Waals surface area contributed by atoms with E-state index in [1.807, 2.05) is 32.1 Å². The normalized spacial score (nSPS) is 21.1. The van der Waals surface area contributed by atoms with Gasteiger partial charge in [-0.2, -0.15) is 0 Å². The van der Waals surface area contributed by atoms with E-state index in [1.165, 1.54) is 11.1 Å². The van der Waals surface area contributed by atoms with E-state index in [4.69, 9.17) is 8.85 Å². The molecule has 0 aliphatic heterocycles. The van der Waals surface area contributed by atoms with E-state index in [1.54, 1.807) is 6.08 Å². The molecule has 0 aromatic heterocycles. The summed E-state index contributed by atoms with van der Waals surface area (Å²) in [6.07, 6.45) is 17.2. The van der Waals surface area contributed by atoms with Crippen LogP contribution >= 0.6 is 0 Å². The van der Waals surface area contributed by atoms with E-state index in [0.717, 1.165) is 17.6 Å². The number of allylic oxidation sites excluding steroid dienone is 11.